The predicted octanol–water partition coefficient (Wildman–Crippen LogP) is 1.61. The first-order chi connectivity index (χ1) is 11.6. The Balaban J connectivity index is 0.00000312. The van der Waals surface area contributed by atoms with E-state index in [4.69, 9.17) is 19.9 Å². The van der Waals surface area contributed by atoms with E-state index >= 15 is 0 Å². The number of amides is 1. The molecule has 1 fully saturated rings. The Hall–Kier alpha value is -1.41. The quantitative estimate of drug-likeness (QED) is 0.708. The zero-order valence-electron chi connectivity index (χ0n) is 14.4. The summed E-state index contributed by atoms with van der Waals surface area (Å²) in [6.45, 7) is 2.06. The lowest BCUT2D eigenvalue weighted by molar-refractivity contribution is -0.143. The van der Waals surface area contributed by atoms with Gasteiger partial charge in [0.2, 0.25) is 0 Å². The second kappa shape index (κ2) is 11.3. The number of carbonyl (C=O) groups excluding carboxylic acids is 1. The Morgan fingerprint density at radius 1 is 1.28 bits per heavy atom. The smallest absolute Gasteiger partial charge is 0.251 e. The molecule has 2 rings (SSSR count). The molecule has 0 bridgehead atoms. The molecule has 0 radical (unpaired) electrons. The molecule has 8 heteroatoms. The van der Waals surface area contributed by atoms with Gasteiger partial charge in [-0.25, -0.2) is 4.39 Å². The van der Waals surface area contributed by atoms with E-state index in [2.05, 4.69) is 0 Å². The summed E-state index contributed by atoms with van der Waals surface area (Å²) >= 11 is 0. The Kier molecular flexibility index (Phi) is 9.74. The summed E-state index contributed by atoms with van der Waals surface area (Å²) < 4.78 is 29.2. The van der Waals surface area contributed by atoms with E-state index in [0.29, 0.717) is 45.0 Å². The number of nitrogens with two attached hydrogens (primary N) is 1. The summed E-state index contributed by atoms with van der Waals surface area (Å²) in [6.07, 6.45) is 1.00. The first-order valence-electron chi connectivity index (χ1n) is 8.15. The van der Waals surface area contributed by atoms with E-state index in [-0.39, 0.29) is 30.2 Å². The normalized spacial score (nSPS) is 19.3. The van der Waals surface area contributed by atoms with Crippen molar-refractivity contribution >= 4 is 18.3 Å². The van der Waals surface area contributed by atoms with Crippen molar-refractivity contribution < 1.29 is 23.4 Å². The molecule has 2 N–H and O–H groups in total. The van der Waals surface area contributed by atoms with Crippen molar-refractivity contribution in [2.45, 2.75) is 25.0 Å². The van der Waals surface area contributed by atoms with Gasteiger partial charge in [0.25, 0.3) is 5.91 Å². The molecule has 1 saturated heterocycles. The number of ether oxygens (including phenoxy) is 3. The van der Waals surface area contributed by atoms with Crippen LogP contribution in [-0.2, 0) is 14.3 Å². The van der Waals surface area contributed by atoms with Gasteiger partial charge in [0, 0.05) is 20.2 Å². The monoisotopic (exact) mass is 376 g/mol. The van der Waals surface area contributed by atoms with Gasteiger partial charge < -0.3 is 24.8 Å². The number of halogens is 2. The van der Waals surface area contributed by atoms with Gasteiger partial charge in [0.1, 0.15) is 24.3 Å². The molecule has 1 amide bonds. The Morgan fingerprint density at radius 3 is 2.56 bits per heavy atom. The summed E-state index contributed by atoms with van der Waals surface area (Å²) in [4.78, 5) is 14.3. The molecule has 0 unspecified atom stereocenters. The fourth-order valence-electron chi connectivity index (χ4n) is 2.60. The molecular formula is C17H26ClFN2O4. The standard InChI is InChI=1S/C17H25FN2O4.ClH/c1-22-10-8-20(17(21)16-7-6-15(12-19)24-16)9-11-23-14-4-2-13(18)3-5-14;/h2-5,15-16H,6-12,19H2,1H3;1H/t15-,16+;/m1./s1. The minimum absolute atomic E-state index is 0. The second-order valence-electron chi connectivity index (χ2n) is 5.68. The van der Waals surface area contributed by atoms with Gasteiger partial charge in [-0.1, -0.05) is 0 Å². The first-order valence-corrected chi connectivity index (χ1v) is 8.15. The highest BCUT2D eigenvalue weighted by Gasteiger charge is 2.32. The van der Waals surface area contributed by atoms with Crippen LogP contribution >= 0.6 is 12.4 Å². The Labute approximate surface area is 153 Å². The van der Waals surface area contributed by atoms with E-state index in [0.717, 1.165) is 6.42 Å². The van der Waals surface area contributed by atoms with Gasteiger partial charge in [0.15, 0.2) is 0 Å². The molecule has 0 aromatic heterocycles. The van der Waals surface area contributed by atoms with Crippen LogP contribution in [0, 0.1) is 5.82 Å². The van der Waals surface area contributed by atoms with Crippen molar-refractivity contribution in [2.24, 2.45) is 5.73 Å². The van der Waals surface area contributed by atoms with E-state index < -0.39 is 6.10 Å². The van der Waals surface area contributed by atoms with Crippen LogP contribution in [0.15, 0.2) is 24.3 Å². The van der Waals surface area contributed by atoms with Crippen molar-refractivity contribution in [2.75, 3.05) is 40.0 Å². The lowest BCUT2D eigenvalue weighted by atomic mass is 10.2. The number of hydrogen-bond acceptors (Lipinski definition) is 5. The van der Waals surface area contributed by atoms with Crippen LogP contribution in [0.25, 0.3) is 0 Å². The van der Waals surface area contributed by atoms with Gasteiger partial charge in [-0.15, -0.1) is 12.4 Å². The Morgan fingerprint density at radius 2 is 1.96 bits per heavy atom. The van der Waals surface area contributed by atoms with Crippen LogP contribution in [0.2, 0.25) is 0 Å². The highest BCUT2D eigenvalue weighted by Crippen LogP contribution is 2.20. The van der Waals surface area contributed by atoms with Crippen LogP contribution in [0.4, 0.5) is 4.39 Å². The summed E-state index contributed by atoms with van der Waals surface area (Å²) in [5.74, 6) is 0.189. The molecule has 0 saturated carbocycles. The molecule has 0 aliphatic carbocycles. The van der Waals surface area contributed by atoms with Crippen molar-refractivity contribution in [1.82, 2.24) is 4.90 Å². The maximum Gasteiger partial charge on any atom is 0.251 e. The van der Waals surface area contributed by atoms with Gasteiger partial charge in [-0.2, -0.15) is 0 Å². The van der Waals surface area contributed by atoms with Gasteiger partial charge in [0.05, 0.1) is 19.3 Å². The molecule has 0 spiro atoms. The predicted molar refractivity (Wildman–Crippen MR) is 94.5 cm³/mol. The lowest BCUT2D eigenvalue weighted by Crippen LogP contribution is -2.43. The molecule has 1 aromatic rings. The second-order valence-corrected chi connectivity index (χ2v) is 5.68. The molecule has 1 aliphatic heterocycles. The SMILES string of the molecule is COCCN(CCOc1ccc(F)cc1)C(=O)[C@@H]1CC[C@H](CN)O1.Cl. The third-order valence-electron chi connectivity index (χ3n) is 3.97. The molecular weight excluding hydrogens is 351 g/mol. The van der Waals surface area contributed by atoms with Gasteiger partial charge in [-0.3, -0.25) is 4.79 Å². The molecule has 6 nitrogen and oxygen atoms in total. The summed E-state index contributed by atoms with van der Waals surface area (Å²) in [5, 5.41) is 0. The minimum atomic E-state index is -0.443. The van der Waals surface area contributed by atoms with Crippen LogP contribution in [-0.4, -0.2) is 63.0 Å². The molecule has 1 heterocycles. The topological polar surface area (TPSA) is 74.0 Å². The van der Waals surface area contributed by atoms with Gasteiger partial charge >= 0.3 is 0 Å². The van der Waals surface area contributed by atoms with Crippen LogP contribution in [0.1, 0.15) is 12.8 Å². The van der Waals surface area contributed by atoms with Crippen LogP contribution < -0.4 is 10.5 Å². The van der Waals surface area contributed by atoms with Gasteiger partial charge in [-0.05, 0) is 37.1 Å². The first kappa shape index (κ1) is 21.6. The fourth-order valence-corrected chi connectivity index (χ4v) is 2.60. The average molecular weight is 377 g/mol. The average Bonchev–Trinajstić information content (AvgIpc) is 3.08. The molecule has 142 valence electrons. The molecule has 25 heavy (non-hydrogen) atoms. The molecule has 2 atom stereocenters. The lowest BCUT2D eigenvalue weighted by Gasteiger charge is -2.25. The van der Waals surface area contributed by atoms with Crippen molar-refractivity contribution in [1.29, 1.82) is 0 Å². The third kappa shape index (κ3) is 6.78. The zero-order valence-corrected chi connectivity index (χ0v) is 15.2. The number of benzene rings is 1. The largest absolute Gasteiger partial charge is 0.492 e. The van der Waals surface area contributed by atoms with Crippen molar-refractivity contribution in [3.8, 4) is 5.75 Å². The van der Waals surface area contributed by atoms with Crippen LogP contribution in [0.3, 0.4) is 0 Å². The zero-order chi connectivity index (χ0) is 17.4. The highest BCUT2D eigenvalue weighted by atomic mass is 35.5. The van der Waals surface area contributed by atoms with E-state index in [1.807, 2.05) is 0 Å². The third-order valence-corrected chi connectivity index (χ3v) is 3.97. The highest BCUT2D eigenvalue weighted by molar-refractivity contribution is 5.85. The van der Waals surface area contributed by atoms with E-state index in [1.54, 1.807) is 24.1 Å². The van der Waals surface area contributed by atoms with Crippen molar-refractivity contribution in [3.63, 3.8) is 0 Å². The van der Waals surface area contributed by atoms with E-state index in [1.165, 1.54) is 12.1 Å². The summed E-state index contributed by atoms with van der Waals surface area (Å²) in [7, 11) is 1.59. The number of carbonyl (C=O) groups is 1. The van der Waals surface area contributed by atoms with Crippen LogP contribution in [0.5, 0.6) is 5.75 Å². The maximum atomic E-state index is 12.9. The van der Waals surface area contributed by atoms with Crippen molar-refractivity contribution in [3.05, 3.63) is 30.1 Å². The number of rotatable bonds is 9. The Bertz CT molecular complexity index is 518. The number of nitrogens with zero attached hydrogens (tertiary/aromatic N) is 1. The number of methoxy groups -OCH3 is 1. The minimum Gasteiger partial charge on any atom is -0.492 e. The number of hydrogen-bond donors (Lipinski definition) is 1. The summed E-state index contributed by atoms with van der Waals surface area (Å²) in [6, 6.07) is 5.79. The molecule has 1 aromatic carbocycles. The maximum absolute atomic E-state index is 12.9. The molecule has 1 aliphatic rings. The summed E-state index contributed by atoms with van der Waals surface area (Å²) in [5.41, 5.74) is 5.59. The van der Waals surface area contributed by atoms with E-state index in [9.17, 15) is 9.18 Å². The fraction of sp³-hybridized carbons (Fsp3) is 0.588.